The number of benzene rings is 6. The summed E-state index contributed by atoms with van der Waals surface area (Å²) in [7, 11) is 0. The summed E-state index contributed by atoms with van der Waals surface area (Å²) in [6, 6.07) is 53.8. The molecule has 38 heavy (non-hydrogen) atoms. The lowest BCUT2D eigenvalue weighted by atomic mass is 9.97. The van der Waals surface area contributed by atoms with Crippen molar-refractivity contribution in [3.63, 3.8) is 0 Å². The third-order valence-electron chi connectivity index (χ3n) is 7.20. The quantitative estimate of drug-likeness (QED) is 0.256. The molecule has 0 amide bonds. The van der Waals surface area contributed by atoms with Crippen LogP contribution in [-0.2, 0) is 0 Å². The molecule has 0 fully saturated rings. The van der Waals surface area contributed by atoms with E-state index in [-0.39, 0.29) is 0 Å². The molecular formula is C36H26N2. The van der Waals surface area contributed by atoms with Gasteiger partial charge in [0.25, 0.3) is 0 Å². The Labute approximate surface area is 222 Å². The summed E-state index contributed by atoms with van der Waals surface area (Å²) in [6.07, 6.45) is 0. The van der Waals surface area contributed by atoms with E-state index in [1.807, 2.05) is 6.07 Å². The molecule has 0 unspecified atom stereocenters. The summed E-state index contributed by atoms with van der Waals surface area (Å²) < 4.78 is 2.36. The van der Waals surface area contributed by atoms with E-state index in [1.165, 1.54) is 44.1 Å². The lowest BCUT2D eigenvalue weighted by Gasteiger charge is -2.16. The Balaban J connectivity index is 1.35. The van der Waals surface area contributed by atoms with Crippen LogP contribution in [0.1, 0.15) is 0 Å². The van der Waals surface area contributed by atoms with Crippen LogP contribution in [0, 0.1) is 0 Å². The minimum absolute atomic E-state index is 1.07. The van der Waals surface area contributed by atoms with Crippen molar-refractivity contribution >= 4 is 33.2 Å². The maximum atomic E-state index is 3.64. The fraction of sp³-hybridized carbons (Fsp3) is 0. The zero-order chi connectivity index (χ0) is 25.3. The van der Waals surface area contributed by atoms with E-state index in [2.05, 4.69) is 155 Å². The van der Waals surface area contributed by atoms with Gasteiger partial charge in [-0.3, -0.25) is 0 Å². The molecule has 1 N–H and O–H groups in total. The van der Waals surface area contributed by atoms with Gasteiger partial charge in [-0.25, -0.2) is 0 Å². The first-order chi connectivity index (χ1) is 18.8. The van der Waals surface area contributed by atoms with Gasteiger partial charge in [0.05, 0.1) is 11.0 Å². The summed E-state index contributed by atoms with van der Waals surface area (Å²) in [5.74, 6) is 0. The van der Waals surface area contributed by atoms with Crippen molar-refractivity contribution < 1.29 is 0 Å². The average molecular weight is 487 g/mol. The molecule has 0 bridgehead atoms. The summed E-state index contributed by atoms with van der Waals surface area (Å²) in [4.78, 5) is 0. The van der Waals surface area contributed by atoms with E-state index in [9.17, 15) is 0 Å². The van der Waals surface area contributed by atoms with Crippen molar-refractivity contribution in [3.05, 3.63) is 152 Å². The summed E-state index contributed by atoms with van der Waals surface area (Å²) >= 11 is 0. The minimum atomic E-state index is 1.07. The zero-order valence-electron chi connectivity index (χ0n) is 20.9. The Morgan fingerprint density at radius 2 is 0.974 bits per heavy atom. The first-order valence-electron chi connectivity index (χ1n) is 13.0. The van der Waals surface area contributed by atoms with Crippen LogP contribution in [-0.4, -0.2) is 4.57 Å². The number of nitrogens with zero attached hydrogens (tertiary/aromatic N) is 1. The topological polar surface area (TPSA) is 17.0 Å². The number of para-hydroxylation sites is 3. The monoisotopic (exact) mass is 486 g/mol. The first kappa shape index (κ1) is 22.1. The van der Waals surface area contributed by atoms with Gasteiger partial charge in [0.15, 0.2) is 0 Å². The predicted octanol–water partition coefficient (Wildman–Crippen LogP) is 9.86. The molecule has 0 atom stereocenters. The van der Waals surface area contributed by atoms with Crippen LogP contribution >= 0.6 is 0 Å². The molecule has 1 heterocycles. The number of anilines is 2. The standard InChI is InChI=1S/C36H26N2/c1-3-11-26(12-4-1)28-21-24-34(37-29-13-5-2-6-14-29)33(25-28)27-19-22-30(23-20-27)38-35-17-9-7-15-31(35)32-16-8-10-18-36(32)38/h1-25,37H. The number of fused-ring (bicyclic) bond motifs is 3. The van der Waals surface area contributed by atoms with Gasteiger partial charge in [0, 0.05) is 33.4 Å². The Hall–Kier alpha value is -5.08. The Kier molecular flexibility index (Phi) is 5.49. The number of hydrogen-bond donors (Lipinski definition) is 1. The lowest BCUT2D eigenvalue weighted by molar-refractivity contribution is 1.18. The molecule has 180 valence electrons. The van der Waals surface area contributed by atoms with Crippen LogP contribution in [0.2, 0.25) is 0 Å². The van der Waals surface area contributed by atoms with E-state index in [0.717, 1.165) is 17.1 Å². The molecule has 0 spiro atoms. The van der Waals surface area contributed by atoms with E-state index in [0.29, 0.717) is 0 Å². The average Bonchev–Trinajstić information content (AvgIpc) is 3.33. The Morgan fingerprint density at radius 3 is 1.63 bits per heavy atom. The molecule has 0 aliphatic carbocycles. The summed E-state index contributed by atoms with van der Waals surface area (Å²) in [6.45, 7) is 0. The molecule has 0 saturated heterocycles. The fourth-order valence-electron chi connectivity index (χ4n) is 5.37. The van der Waals surface area contributed by atoms with Crippen molar-refractivity contribution in [1.29, 1.82) is 0 Å². The molecule has 7 rings (SSSR count). The van der Waals surface area contributed by atoms with Gasteiger partial charge in [0.2, 0.25) is 0 Å². The third-order valence-corrected chi connectivity index (χ3v) is 7.20. The maximum Gasteiger partial charge on any atom is 0.0541 e. The highest BCUT2D eigenvalue weighted by Crippen LogP contribution is 2.36. The fourth-order valence-corrected chi connectivity index (χ4v) is 5.37. The molecule has 2 nitrogen and oxygen atoms in total. The minimum Gasteiger partial charge on any atom is -0.355 e. The second-order valence-corrected chi connectivity index (χ2v) is 9.53. The second-order valence-electron chi connectivity index (χ2n) is 9.53. The molecule has 1 aromatic heterocycles. The Morgan fingerprint density at radius 1 is 0.421 bits per heavy atom. The Bertz CT molecular complexity index is 1810. The van der Waals surface area contributed by atoms with Gasteiger partial charge >= 0.3 is 0 Å². The molecule has 6 aromatic carbocycles. The van der Waals surface area contributed by atoms with Gasteiger partial charge in [-0.05, 0) is 65.2 Å². The molecule has 2 heteroatoms. The van der Waals surface area contributed by atoms with Crippen molar-refractivity contribution in [1.82, 2.24) is 4.57 Å². The van der Waals surface area contributed by atoms with Crippen LogP contribution in [0.25, 0.3) is 49.7 Å². The number of aromatic nitrogens is 1. The third kappa shape index (κ3) is 3.93. The van der Waals surface area contributed by atoms with Crippen LogP contribution in [0.15, 0.2) is 152 Å². The van der Waals surface area contributed by atoms with Crippen LogP contribution in [0.4, 0.5) is 11.4 Å². The molecule has 0 radical (unpaired) electrons. The van der Waals surface area contributed by atoms with E-state index >= 15 is 0 Å². The van der Waals surface area contributed by atoms with Crippen LogP contribution < -0.4 is 5.32 Å². The van der Waals surface area contributed by atoms with Crippen molar-refractivity contribution in [2.24, 2.45) is 0 Å². The predicted molar refractivity (Wildman–Crippen MR) is 161 cm³/mol. The number of nitrogens with one attached hydrogen (secondary N) is 1. The molecule has 0 aliphatic heterocycles. The van der Waals surface area contributed by atoms with Gasteiger partial charge in [-0.15, -0.1) is 0 Å². The largest absolute Gasteiger partial charge is 0.355 e. The van der Waals surface area contributed by atoms with Gasteiger partial charge < -0.3 is 9.88 Å². The molecule has 0 aliphatic rings. The van der Waals surface area contributed by atoms with Crippen molar-refractivity contribution in [2.45, 2.75) is 0 Å². The SMILES string of the molecule is c1ccc(Nc2ccc(-c3ccccc3)cc2-c2ccc(-n3c4ccccc4c4ccccc43)cc2)cc1. The lowest BCUT2D eigenvalue weighted by Crippen LogP contribution is -1.96. The first-order valence-corrected chi connectivity index (χ1v) is 13.0. The highest BCUT2D eigenvalue weighted by molar-refractivity contribution is 6.09. The van der Waals surface area contributed by atoms with Gasteiger partial charge in [0.1, 0.15) is 0 Å². The van der Waals surface area contributed by atoms with Crippen LogP contribution in [0.3, 0.4) is 0 Å². The van der Waals surface area contributed by atoms with Crippen molar-refractivity contribution in [3.8, 4) is 27.9 Å². The van der Waals surface area contributed by atoms with Crippen LogP contribution in [0.5, 0.6) is 0 Å². The summed E-state index contributed by atoms with van der Waals surface area (Å²) in [5, 5.41) is 6.19. The van der Waals surface area contributed by atoms with E-state index in [1.54, 1.807) is 0 Å². The molecule has 0 saturated carbocycles. The highest BCUT2D eigenvalue weighted by Gasteiger charge is 2.13. The normalized spacial score (nSPS) is 11.2. The zero-order valence-corrected chi connectivity index (χ0v) is 20.9. The van der Waals surface area contributed by atoms with E-state index in [4.69, 9.17) is 0 Å². The second kappa shape index (κ2) is 9.42. The maximum absolute atomic E-state index is 3.64. The number of rotatable bonds is 5. The highest BCUT2D eigenvalue weighted by atomic mass is 15.0. The molecular weight excluding hydrogens is 460 g/mol. The smallest absolute Gasteiger partial charge is 0.0541 e. The number of hydrogen-bond acceptors (Lipinski definition) is 1. The van der Waals surface area contributed by atoms with Gasteiger partial charge in [-0.1, -0.05) is 103 Å². The van der Waals surface area contributed by atoms with E-state index < -0.39 is 0 Å². The molecule has 7 aromatic rings. The van der Waals surface area contributed by atoms with Crippen molar-refractivity contribution in [2.75, 3.05) is 5.32 Å². The van der Waals surface area contributed by atoms with Gasteiger partial charge in [-0.2, -0.15) is 0 Å². The summed E-state index contributed by atoms with van der Waals surface area (Å²) in [5.41, 5.74) is 10.5.